The second-order valence-corrected chi connectivity index (χ2v) is 5.09. The van der Waals surface area contributed by atoms with E-state index >= 15 is 0 Å². The van der Waals surface area contributed by atoms with Crippen molar-refractivity contribution < 1.29 is 22.1 Å². The van der Waals surface area contributed by atoms with Crippen molar-refractivity contribution in [2.45, 2.75) is 13.0 Å². The molecule has 1 aromatic carbocycles. The van der Waals surface area contributed by atoms with Crippen molar-refractivity contribution >= 4 is 33.7 Å². The molecule has 3 N–H and O–H groups in total. The Hall–Kier alpha value is -1.95. The maximum absolute atomic E-state index is 11.5. The molecule has 1 rings (SSSR count). The molecular formula is C11H11ClN2O5S. The molecule has 0 bridgehead atoms. The Kier molecular flexibility index (Phi) is 5.64. The molecule has 7 nitrogen and oxygen atoms in total. The number of benzene rings is 1. The van der Waals surface area contributed by atoms with Crippen LogP contribution in [0.15, 0.2) is 24.3 Å². The summed E-state index contributed by atoms with van der Waals surface area (Å²) in [6, 6.07) is 6.45. The lowest BCUT2D eigenvalue weighted by atomic mass is 10.3. The molecule has 20 heavy (non-hydrogen) atoms. The van der Waals surface area contributed by atoms with Crippen molar-refractivity contribution in [3.05, 3.63) is 29.3 Å². The van der Waals surface area contributed by atoms with Gasteiger partial charge >= 0.3 is 16.4 Å². The average molecular weight is 319 g/mol. The average Bonchev–Trinajstić information content (AvgIpc) is 2.26. The van der Waals surface area contributed by atoms with E-state index < -0.39 is 22.5 Å². The largest absolute Gasteiger partial charge is 0.433 e. The van der Waals surface area contributed by atoms with E-state index in [1.165, 1.54) is 13.0 Å². The van der Waals surface area contributed by atoms with Gasteiger partial charge in [-0.05, 0) is 31.0 Å². The molecule has 0 aliphatic heterocycles. The summed E-state index contributed by atoms with van der Waals surface area (Å²) in [6.07, 6.45) is 0.148. The minimum absolute atomic E-state index is 0.448. The molecule has 0 radical (unpaired) electrons. The second-order valence-electron chi connectivity index (χ2n) is 3.51. The Morgan fingerprint density at radius 1 is 1.50 bits per heavy atom. The molecule has 0 spiro atoms. The summed E-state index contributed by atoms with van der Waals surface area (Å²) < 4.78 is 29.7. The zero-order valence-corrected chi connectivity index (χ0v) is 11.9. The molecule has 0 aromatic heterocycles. The summed E-state index contributed by atoms with van der Waals surface area (Å²) in [6.45, 7) is 1.43. The zero-order chi connectivity index (χ0) is 15.2. The van der Waals surface area contributed by atoms with E-state index in [1.54, 1.807) is 18.2 Å². The lowest BCUT2D eigenvalue weighted by Crippen LogP contribution is -2.19. The van der Waals surface area contributed by atoms with Crippen molar-refractivity contribution in [2.75, 3.05) is 5.32 Å². The van der Waals surface area contributed by atoms with Crippen LogP contribution in [-0.2, 0) is 19.2 Å². The number of hydrogen-bond donors (Lipinski definition) is 2. The minimum atomic E-state index is -4.15. The molecular weight excluding hydrogens is 308 g/mol. The number of anilines is 1. The molecule has 0 heterocycles. The maximum Gasteiger partial charge on any atom is 0.412 e. The first-order chi connectivity index (χ1) is 9.26. The normalized spacial score (nSPS) is 11.8. The zero-order valence-electron chi connectivity index (χ0n) is 10.3. The highest BCUT2D eigenvalue weighted by Gasteiger charge is 2.08. The summed E-state index contributed by atoms with van der Waals surface area (Å²) >= 11 is 5.75. The predicted octanol–water partition coefficient (Wildman–Crippen LogP) is 1.46. The van der Waals surface area contributed by atoms with Gasteiger partial charge in [0.05, 0.1) is 0 Å². The number of ether oxygens (including phenoxy) is 1. The van der Waals surface area contributed by atoms with Crippen LogP contribution in [-0.4, -0.2) is 20.6 Å². The van der Waals surface area contributed by atoms with Crippen molar-refractivity contribution in [1.82, 2.24) is 0 Å². The summed E-state index contributed by atoms with van der Waals surface area (Å²) in [5.74, 6) is 2.23. The lowest BCUT2D eigenvalue weighted by molar-refractivity contribution is 0.145. The summed E-state index contributed by atoms with van der Waals surface area (Å²) in [5.41, 5.74) is 0.448. The number of amides is 1. The monoisotopic (exact) mass is 318 g/mol. The van der Waals surface area contributed by atoms with Crippen molar-refractivity contribution in [3.8, 4) is 12.0 Å². The van der Waals surface area contributed by atoms with Gasteiger partial charge in [0.2, 0.25) is 0 Å². The summed E-state index contributed by atoms with van der Waals surface area (Å²) in [4.78, 5) is 11.5. The van der Waals surface area contributed by atoms with Crippen LogP contribution in [0.3, 0.4) is 0 Å². The molecule has 1 atom stereocenters. The summed E-state index contributed by atoms with van der Waals surface area (Å²) in [5, 5.41) is 7.43. The SMILES string of the molecule is CC(C#COS(N)(=O)=O)OC(=O)Nc1cccc(Cl)c1. The molecule has 0 fully saturated rings. The van der Waals surface area contributed by atoms with Crippen LogP contribution in [0.2, 0.25) is 5.02 Å². The third-order valence-electron chi connectivity index (χ3n) is 1.77. The highest BCUT2D eigenvalue weighted by Crippen LogP contribution is 2.15. The number of hydrogen-bond acceptors (Lipinski definition) is 5. The lowest BCUT2D eigenvalue weighted by Gasteiger charge is -2.08. The Balaban J connectivity index is 2.50. The molecule has 0 saturated carbocycles. The highest BCUT2D eigenvalue weighted by atomic mass is 35.5. The van der Waals surface area contributed by atoms with Crippen LogP contribution in [0.1, 0.15) is 6.92 Å². The number of nitrogens with one attached hydrogen (secondary N) is 1. The first-order valence-corrected chi connectivity index (χ1v) is 7.06. The fourth-order valence-electron chi connectivity index (χ4n) is 1.07. The van der Waals surface area contributed by atoms with Crippen LogP contribution in [0, 0.1) is 12.0 Å². The number of carbonyl (C=O) groups excluding carboxylic acids is 1. The van der Waals surface area contributed by atoms with Crippen LogP contribution >= 0.6 is 11.6 Å². The molecule has 0 aliphatic carbocycles. The maximum atomic E-state index is 11.5. The van der Waals surface area contributed by atoms with Crippen molar-refractivity contribution in [1.29, 1.82) is 0 Å². The van der Waals surface area contributed by atoms with E-state index in [-0.39, 0.29) is 0 Å². The predicted molar refractivity (Wildman–Crippen MR) is 73.0 cm³/mol. The fraction of sp³-hybridized carbons (Fsp3) is 0.182. The Labute approximate surface area is 121 Å². The van der Waals surface area contributed by atoms with Gasteiger partial charge in [-0.2, -0.15) is 13.6 Å². The molecule has 1 amide bonds. The quantitative estimate of drug-likeness (QED) is 0.820. The van der Waals surface area contributed by atoms with Crippen molar-refractivity contribution in [2.24, 2.45) is 5.14 Å². The van der Waals surface area contributed by atoms with Gasteiger partial charge in [-0.1, -0.05) is 17.7 Å². The Morgan fingerprint density at radius 2 is 2.20 bits per heavy atom. The molecule has 0 aliphatic rings. The van der Waals surface area contributed by atoms with E-state index in [9.17, 15) is 13.2 Å². The van der Waals surface area contributed by atoms with E-state index in [0.29, 0.717) is 10.7 Å². The minimum Gasteiger partial charge on any atom is -0.433 e. The van der Waals surface area contributed by atoms with Gasteiger partial charge in [-0.3, -0.25) is 5.32 Å². The van der Waals surface area contributed by atoms with Crippen LogP contribution in [0.25, 0.3) is 0 Å². The van der Waals surface area contributed by atoms with Gasteiger partial charge in [-0.15, -0.1) is 0 Å². The Bertz CT molecular complexity index is 650. The van der Waals surface area contributed by atoms with Gasteiger partial charge in [0, 0.05) is 10.7 Å². The first-order valence-electron chi connectivity index (χ1n) is 5.21. The van der Waals surface area contributed by atoms with E-state index in [2.05, 4.69) is 20.6 Å². The number of halogens is 1. The third kappa shape index (κ3) is 6.84. The van der Waals surface area contributed by atoms with Crippen LogP contribution in [0.5, 0.6) is 0 Å². The standard InChI is InChI=1S/C11H11ClN2O5S/c1-8(5-6-18-20(13,16)17)19-11(15)14-10-4-2-3-9(12)7-10/h2-4,7-8H,1H3,(H,14,15)(H2,13,16,17). The van der Waals surface area contributed by atoms with Gasteiger partial charge in [-0.25, -0.2) is 4.79 Å². The molecule has 9 heteroatoms. The van der Waals surface area contributed by atoms with Crippen LogP contribution in [0.4, 0.5) is 10.5 Å². The first kappa shape index (κ1) is 16.1. The molecule has 1 unspecified atom stereocenters. The molecule has 0 saturated heterocycles. The second kappa shape index (κ2) is 7.00. The fourth-order valence-corrected chi connectivity index (χ4v) is 1.42. The smallest absolute Gasteiger partial charge is 0.412 e. The number of rotatable bonds is 3. The van der Waals surface area contributed by atoms with Gasteiger partial charge in [0.25, 0.3) is 0 Å². The van der Waals surface area contributed by atoms with Crippen molar-refractivity contribution in [3.63, 3.8) is 0 Å². The molecule has 1 aromatic rings. The number of nitrogens with two attached hydrogens (primary N) is 1. The Morgan fingerprint density at radius 3 is 2.80 bits per heavy atom. The van der Waals surface area contributed by atoms with E-state index in [1.807, 2.05) is 6.11 Å². The van der Waals surface area contributed by atoms with Crippen LogP contribution < -0.4 is 10.5 Å². The van der Waals surface area contributed by atoms with Gasteiger partial charge < -0.3 is 8.92 Å². The number of carbonyl (C=O) groups is 1. The topological polar surface area (TPSA) is 108 Å². The third-order valence-corrected chi connectivity index (χ3v) is 2.33. The van der Waals surface area contributed by atoms with Gasteiger partial charge in [0.1, 0.15) is 6.11 Å². The highest BCUT2D eigenvalue weighted by molar-refractivity contribution is 7.84. The molecule has 108 valence electrons. The van der Waals surface area contributed by atoms with Gasteiger partial charge in [0.15, 0.2) is 6.10 Å². The van der Waals surface area contributed by atoms with E-state index in [0.717, 1.165) is 0 Å². The summed E-state index contributed by atoms with van der Waals surface area (Å²) in [7, 11) is -4.15. The van der Waals surface area contributed by atoms with E-state index in [4.69, 9.17) is 16.3 Å².